The molecule has 2 nitrogen and oxygen atoms in total. The lowest BCUT2D eigenvalue weighted by atomic mass is 9.76. The van der Waals surface area contributed by atoms with E-state index in [0.717, 1.165) is 24.7 Å². The van der Waals surface area contributed by atoms with Crippen LogP contribution < -0.4 is 10.6 Å². The van der Waals surface area contributed by atoms with Crippen molar-refractivity contribution < 1.29 is 0 Å². The normalized spacial score (nSPS) is 17.1. The number of benzene rings is 1. The van der Waals surface area contributed by atoms with Crippen LogP contribution in [-0.2, 0) is 0 Å². The Morgan fingerprint density at radius 1 is 1.12 bits per heavy atom. The van der Waals surface area contributed by atoms with Crippen molar-refractivity contribution in [1.29, 1.82) is 0 Å². The van der Waals surface area contributed by atoms with Gasteiger partial charge in [-0.3, -0.25) is 0 Å². The third-order valence-corrected chi connectivity index (χ3v) is 4.09. The van der Waals surface area contributed by atoms with Gasteiger partial charge in [-0.25, -0.2) is 0 Å². The third kappa shape index (κ3) is 2.26. The summed E-state index contributed by atoms with van der Waals surface area (Å²) >= 11 is 0. The zero-order chi connectivity index (χ0) is 12.8. The highest BCUT2D eigenvalue weighted by atomic mass is 15.2. The number of anilines is 2. The molecule has 17 heavy (non-hydrogen) atoms. The lowest BCUT2D eigenvalue weighted by Gasteiger charge is -2.48. The van der Waals surface area contributed by atoms with Gasteiger partial charge in [0.2, 0.25) is 0 Å². The van der Waals surface area contributed by atoms with Gasteiger partial charge in [-0.1, -0.05) is 20.8 Å². The molecule has 0 radical (unpaired) electrons. The minimum Gasteiger partial charge on any atom is -0.397 e. The average Bonchev–Trinajstić information content (AvgIpc) is 2.08. The Balaban J connectivity index is 2.14. The molecule has 1 aliphatic rings. The van der Waals surface area contributed by atoms with Crippen LogP contribution in [-0.4, -0.2) is 13.1 Å². The van der Waals surface area contributed by atoms with Crippen LogP contribution in [0.5, 0.6) is 0 Å². The molecular formula is C15H24N2. The highest BCUT2D eigenvalue weighted by Crippen LogP contribution is 2.38. The lowest BCUT2D eigenvalue weighted by Crippen LogP contribution is -2.52. The zero-order valence-electron chi connectivity index (χ0n) is 11.7. The predicted molar refractivity (Wildman–Crippen MR) is 75.5 cm³/mol. The molecule has 0 unspecified atom stereocenters. The maximum atomic E-state index is 6.11. The Labute approximate surface area is 105 Å². The topological polar surface area (TPSA) is 29.3 Å². The molecule has 1 aromatic carbocycles. The number of nitrogens with zero attached hydrogens (tertiary/aromatic N) is 1. The number of hydrogen-bond acceptors (Lipinski definition) is 2. The summed E-state index contributed by atoms with van der Waals surface area (Å²) in [6, 6.07) is 4.32. The summed E-state index contributed by atoms with van der Waals surface area (Å²) in [5, 5.41) is 0. The van der Waals surface area contributed by atoms with Crippen molar-refractivity contribution in [1.82, 2.24) is 0 Å². The SMILES string of the molecule is Cc1cc(N)c(N2CC(C(C)(C)C)C2)cc1C. The molecular weight excluding hydrogens is 208 g/mol. The third-order valence-electron chi connectivity index (χ3n) is 4.09. The summed E-state index contributed by atoms with van der Waals surface area (Å²) in [5.74, 6) is 0.781. The Morgan fingerprint density at radius 3 is 2.18 bits per heavy atom. The fourth-order valence-corrected chi connectivity index (χ4v) is 2.32. The molecule has 1 heterocycles. The quantitative estimate of drug-likeness (QED) is 0.752. The first-order chi connectivity index (χ1) is 7.79. The summed E-state index contributed by atoms with van der Waals surface area (Å²) in [6.07, 6.45) is 0. The van der Waals surface area contributed by atoms with Crippen LogP contribution in [0, 0.1) is 25.2 Å². The van der Waals surface area contributed by atoms with Crippen LogP contribution in [0.3, 0.4) is 0 Å². The van der Waals surface area contributed by atoms with E-state index < -0.39 is 0 Å². The molecule has 2 heteroatoms. The van der Waals surface area contributed by atoms with Crippen molar-refractivity contribution in [2.45, 2.75) is 34.6 Å². The van der Waals surface area contributed by atoms with E-state index in [0.29, 0.717) is 5.41 Å². The van der Waals surface area contributed by atoms with Crippen molar-refractivity contribution >= 4 is 11.4 Å². The first-order valence-corrected chi connectivity index (χ1v) is 6.40. The van der Waals surface area contributed by atoms with Gasteiger partial charge in [-0.2, -0.15) is 0 Å². The van der Waals surface area contributed by atoms with Gasteiger partial charge < -0.3 is 10.6 Å². The standard InChI is InChI=1S/C15H24N2/c1-10-6-13(16)14(7-11(10)2)17-8-12(9-17)15(3,4)5/h6-7,12H,8-9,16H2,1-5H3. The number of hydrogen-bond donors (Lipinski definition) is 1. The van der Waals surface area contributed by atoms with Crippen LogP contribution >= 0.6 is 0 Å². The molecule has 0 aromatic heterocycles. The van der Waals surface area contributed by atoms with Gasteiger partial charge in [0.15, 0.2) is 0 Å². The molecule has 2 N–H and O–H groups in total. The molecule has 0 atom stereocenters. The number of nitrogen functional groups attached to an aromatic ring is 1. The fourth-order valence-electron chi connectivity index (χ4n) is 2.32. The Kier molecular flexibility index (Phi) is 2.84. The van der Waals surface area contributed by atoms with Gasteiger partial charge in [0.05, 0.1) is 11.4 Å². The molecule has 0 amide bonds. The van der Waals surface area contributed by atoms with E-state index in [9.17, 15) is 0 Å². The molecule has 1 aromatic rings. The van der Waals surface area contributed by atoms with Crippen LogP contribution in [0.2, 0.25) is 0 Å². The van der Waals surface area contributed by atoms with Crippen LogP contribution in [0.1, 0.15) is 31.9 Å². The van der Waals surface area contributed by atoms with Gasteiger partial charge in [-0.15, -0.1) is 0 Å². The van der Waals surface area contributed by atoms with E-state index in [2.05, 4.69) is 51.7 Å². The molecule has 2 rings (SSSR count). The number of rotatable bonds is 1. The van der Waals surface area contributed by atoms with E-state index in [-0.39, 0.29) is 0 Å². The maximum Gasteiger partial charge on any atom is 0.0602 e. The van der Waals surface area contributed by atoms with Crippen molar-refractivity contribution in [3.8, 4) is 0 Å². The van der Waals surface area contributed by atoms with Gasteiger partial charge in [0.25, 0.3) is 0 Å². The summed E-state index contributed by atoms with van der Waals surface area (Å²) in [4.78, 5) is 2.40. The highest BCUT2D eigenvalue weighted by Gasteiger charge is 2.36. The van der Waals surface area contributed by atoms with E-state index in [1.165, 1.54) is 16.8 Å². The molecule has 94 valence electrons. The van der Waals surface area contributed by atoms with Crippen molar-refractivity contribution in [2.24, 2.45) is 11.3 Å². The second kappa shape index (κ2) is 3.94. The minimum absolute atomic E-state index is 0.408. The largest absolute Gasteiger partial charge is 0.397 e. The van der Waals surface area contributed by atoms with Gasteiger partial charge in [0.1, 0.15) is 0 Å². The van der Waals surface area contributed by atoms with E-state index in [1.807, 2.05) is 0 Å². The van der Waals surface area contributed by atoms with Crippen LogP contribution in [0.15, 0.2) is 12.1 Å². The first kappa shape index (κ1) is 12.3. The molecule has 0 spiro atoms. The Hall–Kier alpha value is -1.18. The molecule has 1 aliphatic heterocycles. The van der Waals surface area contributed by atoms with Crippen LogP contribution in [0.4, 0.5) is 11.4 Å². The van der Waals surface area contributed by atoms with Gasteiger partial charge >= 0.3 is 0 Å². The summed E-state index contributed by atoms with van der Waals surface area (Å²) in [6.45, 7) is 13.5. The van der Waals surface area contributed by atoms with Crippen LogP contribution in [0.25, 0.3) is 0 Å². The number of nitrogens with two attached hydrogens (primary N) is 1. The van der Waals surface area contributed by atoms with E-state index in [4.69, 9.17) is 5.73 Å². The average molecular weight is 232 g/mol. The monoisotopic (exact) mass is 232 g/mol. The van der Waals surface area contributed by atoms with Crippen molar-refractivity contribution in [2.75, 3.05) is 23.7 Å². The second-order valence-electron chi connectivity index (χ2n) is 6.46. The summed E-state index contributed by atoms with van der Waals surface area (Å²) < 4.78 is 0. The predicted octanol–water partition coefficient (Wildman–Crippen LogP) is 3.37. The summed E-state index contributed by atoms with van der Waals surface area (Å²) in [5.41, 5.74) is 11.3. The molecule has 0 bridgehead atoms. The Bertz CT molecular complexity index is 423. The lowest BCUT2D eigenvalue weighted by molar-refractivity contribution is 0.195. The molecule has 1 fully saturated rings. The fraction of sp³-hybridized carbons (Fsp3) is 0.600. The van der Waals surface area contributed by atoms with E-state index in [1.54, 1.807) is 0 Å². The highest BCUT2D eigenvalue weighted by molar-refractivity contribution is 5.71. The Morgan fingerprint density at radius 2 is 1.65 bits per heavy atom. The smallest absolute Gasteiger partial charge is 0.0602 e. The first-order valence-electron chi connectivity index (χ1n) is 6.40. The molecule has 0 saturated carbocycles. The zero-order valence-corrected chi connectivity index (χ0v) is 11.7. The van der Waals surface area contributed by atoms with Crippen molar-refractivity contribution in [3.05, 3.63) is 23.3 Å². The minimum atomic E-state index is 0.408. The van der Waals surface area contributed by atoms with Gasteiger partial charge in [-0.05, 0) is 48.4 Å². The van der Waals surface area contributed by atoms with E-state index >= 15 is 0 Å². The summed E-state index contributed by atoms with van der Waals surface area (Å²) in [7, 11) is 0. The number of aryl methyl sites for hydroxylation is 2. The maximum absolute atomic E-state index is 6.11. The molecule has 0 aliphatic carbocycles. The second-order valence-corrected chi connectivity index (χ2v) is 6.46. The van der Waals surface area contributed by atoms with Gasteiger partial charge in [0, 0.05) is 13.1 Å². The molecule has 1 saturated heterocycles. The van der Waals surface area contributed by atoms with Crippen molar-refractivity contribution in [3.63, 3.8) is 0 Å².